The first-order valence-electron chi connectivity index (χ1n) is 4.24. The SMILES string of the molecule is O=C(O)CCCc1cc(F)cc(Cl)c1. The van der Waals surface area contributed by atoms with Gasteiger partial charge in [0.25, 0.3) is 0 Å². The number of hydrogen-bond donors (Lipinski definition) is 1. The first-order valence-corrected chi connectivity index (χ1v) is 4.62. The summed E-state index contributed by atoms with van der Waals surface area (Å²) >= 11 is 5.64. The molecule has 1 rings (SSSR count). The van der Waals surface area contributed by atoms with Gasteiger partial charge in [0, 0.05) is 11.4 Å². The van der Waals surface area contributed by atoms with Gasteiger partial charge in [0.1, 0.15) is 5.82 Å². The van der Waals surface area contributed by atoms with Gasteiger partial charge in [-0.1, -0.05) is 11.6 Å². The molecule has 0 spiro atoms. The van der Waals surface area contributed by atoms with Crippen LogP contribution in [-0.2, 0) is 11.2 Å². The molecule has 0 bridgehead atoms. The summed E-state index contributed by atoms with van der Waals surface area (Å²) in [6.07, 6.45) is 1.12. The third-order valence-corrected chi connectivity index (χ3v) is 2.00. The van der Waals surface area contributed by atoms with Crippen LogP contribution in [0.2, 0.25) is 5.02 Å². The maximum absolute atomic E-state index is 12.8. The van der Waals surface area contributed by atoms with E-state index in [0.717, 1.165) is 5.56 Å². The van der Waals surface area contributed by atoms with Crippen LogP contribution >= 0.6 is 11.6 Å². The number of halogens is 2. The topological polar surface area (TPSA) is 37.3 Å². The van der Waals surface area contributed by atoms with Crippen molar-refractivity contribution in [2.24, 2.45) is 0 Å². The van der Waals surface area contributed by atoms with Crippen LogP contribution in [0.5, 0.6) is 0 Å². The molecule has 76 valence electrons. The normalized spacial score (nSPS) is 10.1. The predicted octanol–water partition coefficient (Wildman–Crippen LogP) is 2.89. The molecule has 0 radical (unpaired) electrons. The minimum atomic E-state index is -0.840. The number of carboxylic acid groups (broad SMARTS) is 1. The summed E-state index contributed by atoms with van der Waals surface area (Å²) in [6.45, 7) is 0. The van der Waals surface area contributed by atoms with Gasteiger partial charge in [-0.25, -0.2) is 4.39 Å². The van der Waals surface area contributed by atoms with Crippen molar-refractivity contribution < 1.29 is 14.3 Å². The molecule has 0 saturated heterocycles. The number of aliphatic carboxylic acids is 1. The Morgan fingerprint density at radius 3 is 2.71 bits per heavy atom. The van der Waals surface area contributed by atoms with E-state index in [1.165, 1.54) is 12.1 Å². The van der Waals surface area contributed by atoms with Gasteiger partial charge in [0.05, 0.1) is 0 Å². The quantitative estimate of drug-likeness (QED) is 0.840. The Bertz CT molecular complexity index is 319. The molecule has 0 aromatic heterocycles. The van der Waals surface area contributed by atoms with Gasteiger partial charge in [0.15, 0.2) is 0 Å². The molecule has 2 nitrogen and oxygen atoms in total. The minimum Gasteiger partial charge on any atom is -0.481 e. The van der Waals surface area contributed by atoms with Crippen molar-refractivity contribution in [2.45, 2.75) is 19.3 Å². The number of aryl methyl sites for hydroxylation is 1. The molecule has 4 heteroatoms. The number of carbonyl (C=O) groups is 1. The maximum Gasteiger partial charge on any atom is 0.303 e. The molecular formula is C10H10ClFO2. The first kappa shape index (κ1) is 11.0. The lowest BCUT2D eigenvalue weighted by Gasteiger charge is -2.00. The molecule has 0 fully saturated rings. The highest BCUT2D eigenvalue weighted by Gasteiger charge is 2.01. The zero-order chi connectivity index (χ0) is 10.6. The minimum absolute atomic E-state index is 0.0914. The fourth-order valence-electron chi connectivity index (χ4n) is 1.20. The van der Waals surface area contributed by atoms with Crippen molar-refractivity contribution in [3.63, 3.8) is 0 Å². The van der Waals surface area contributed by atoms with E-state index < -0.39 is 5.97 Å². The van der Waals surface area contributed by atoms with Crippen LogP contribution < -0.4 is 0 Å². The standard InChI is InChI=1S/C10H10ClFO2/c11-8-4-7(5-9(12)6-8)2-1-3-10(13)14/h4-6H,1-3H2,(H,13,14). The van der Waals surface area contributed by atoms with Gasteiger partial charge in [0.2, 0.25) is 0 Å². The van der Waals surface area contributed by atoms with Crippen LogP contribution in [0, 0.1) is 5.82 Å². The molecule has 0 unspecified atom stereocenters. The summed E-state index contributed by atoms with van der Waals surface area (Å²) in [5, 5.41) is 8.74. The molecule has 0 aliphatic heterocycles. The summed E-state index contributed by atoms with van der Waals surface area (Å²) < 4.78 is 12.8. The average molecular weight is 217 g/mol. The van der Waals surface area contributed by atoms with Crippen molar-refractivity contribution in [1.29, 1.82) is 0 Å². The molecule has 1 aromatic rings. The van der Waals surface area contributed by atoms with Crippen molar-refractivity contribution in [2.75, 3.05) is 0 Å². The third kappa shape index (κ3) is 3.75. The predicted molar refractivity (Wildman–Crippen MR) is 52.0 cm³/mol. The zero-order valence-corrected chi connectivity index (χ0v) is 8.22. The summed E-state index contributed by atoms with van der Waals surface area (Å²) in [4.78, 5) is 10.2. The van der Waals surface area contributed by atoms with Gasteiger partial charge < -0.3 is 5.11 Å². The summed E-state index contributed by atoms with van der Waals surface area (Å²) in [6, 6.07) is 4.24. The van der Waals surface area contributed by atoms with Crippen LogP contribution in [-0.4, -0.2) is 11.1 Å². The Balaban J connectivity index is 2.54. The van der Waals surface area contributed by atoms with E-state index in [4.69, 9.17) is 16.7 Å². The summed E-state index contributed by atoms with van der Waals surface area (Å²) in [7, 11) is 0. The fourth-order valence-corrected chi connectivity index (χ4v) is 1.44. The Hall–Kier alpha value is -1.09. The summed E-state index contributed by atoms with van der Waals surface area (Å²) in [5.41, 5.74) is 0.733. The molecule has 1 N–H and O–H groups in total. The van der Waals surface area contributed by atoms with Gasteiger partial charge in [-0.05, 0) is 36.6 Å². The van der Waals surface area contributed by atoms with Gasteiger partial charge in [-0.3, -0.25) is 4.79 Å². The first-order chi connectivity index (χ1) is 6.58. The number of rotatable bonds is 4. The number of carboxylic acids is 1. The number of benzene rings is 1. The van der Waals surface area contributed by atoms with Crippen molar-refractivity contribution in [1.82, 2.24) is 0 Å². The molecule has 14 heavy (non-hydrogen) atoms. The van der Waals surface area contributed by atoms with E-state index in [1.54, 1.807) is 6.07 Å². The van der Waals surface area contributed by atoms with E-state index in [2.05, 4.69) is 0 Å². The lowest BCUT2D eigenvalue weighted by molar-refractivity contribution is -0.137. The number of hydrogen-bond acceptors (Lipinski definition) is 1. The van der Waals surface area contributed by atoms with Crippen molar-refractivity contribution in [3.05, 3.63) is 34.6 Å². The van der Waals surface area contributed by atoms with Crippen LogP contribution in [0.1, 0.15) is 18.4 Å². The van der Waals surface area contributed by atoms with E-state index in [-0.39, 0.29) is 12.2 Å². The molecule has 0 aliphatic carbocycles. The largest absolute Gasteiger partial charge is 0.481 e. The van der Waals surface area contributed by atoms with Crippen molar-refractivity contribution in [3.8, 4) is 0 Å². The van der Waals surface area contributed by atoms with Crippen molar-refractivity contribution >= 4 is 17.6 Å². The van der Waals surface area contributed by atoms with E-state index >= 15 is 0 Å². The van der Waals surface area contributed by atoms with Gasteiger partial charge in [-0.15, -0.1) is 0 Å². The van der Waals surface area contributed by atoms with Gasteiger partial charge >= 0.3 is 5.97 Å². The van der Waals surface area contributed by atoms with Crippen LogP contribution in [0.15, 0.2) is 18.2 Å². The molecule has 0 saturated carbocycles. The highest BCUT2D eigenvalue weighted by molar-refractivity contribution is 6.30. The lowest BCUT2D eigenvalue weighted by Crippen LogP contribution is -1.96. The molecule has 1 aromatic carbocycles. The Kier molecular flexibility index (Phi) is 3.89. The second kappa shape index (κ2) is 4.96. The Morgan fingerprint density at radius 2 is 2.14 bits per heavy atom. The Morgan fingerprint density at radius 1 is 1.43 bits per heavy atom. The van der Waals surface area contributed by atoms with E-state index in [9.17, 15) is 9.18 Å². The second-order valence-corrected chi connectivity index (χ2v) is 3.46. The highest BCUT2D eigenvalue weighted by atomic mass is 35.5. The molecule has 0 atom stereocenters. The van der Waals surface area contributed by atoms with Crippen LogP contribution in [0.25, 0.3) is 0 Å². The molecule has 0 amide bonds. The lowest BCUT2D eigenvalue weighted by atomic mass is 10.1. The maximum atomic E-state index is 12.8. The average Bonchev–Trinajstić information content (AvgIpc) is 2.01. The highest BCUT2D eigenvalue weighted by Crippen LogP contribution is 2.15. The molecular weight excluding hydrogens is 207 g/mol. The second-order valence-electron chi connectivity index (χ2n) is 3.02. The Labute approximate surface area is 86.3 Å². The molecule has 0 heterocycles. The van der Waals surface area contributed by atoms with Gasteiger partial charge in [-0.2, -0.15) is 0 Å². The zero-order valence-electron chi connectivity index (χ0n) is 7.46. The van der Waals surface area contributed by atoms with Crippen LogP contribution in [0.3, 0.4) is 0 Å². The van der Waals surface area contributed by atoms with Crippen LogP contribution in [0.4, 0.5) is 4.39 Å². The molecule has 0 aliphatic rings. The smallest absolute Gasteiger partial charge is 0.303 e. The van der Waals surface area contributed by atoms with E-state index in [0.29, 0.717) is 17.9 Å². The third-order valence-electron chi connectivity index (χ3n) is 1.78. The van der Waals surface area contributed by atoms with E-state index in [1.807, 2.05) is 0 Å². The summed E-state index contributed by atoms with van der Waals surface area (Å²) in [5.74, 6) is -1.23. The fraction of sp³-hybridized carbons (Fsp3) is 0.300. The monoisotopic (exact) mass is 216 g/mol.